The van der Waals surface area contributed by atoms with Crippen LogP contribution < -0.4 is 0 Å². The molecule has 0 heterocycles. The van der Waals surface area contributed by atoms with Gasteiger partial charge in [-0.1, -0.05) is 42.1 Å². The summed E-state index contributed by atoms with van der Waals surface area (Å²) in [6.07, 6.45) is 5.95. The van der Waals surface area contributed by atoms with E-state index in [2.05, 4.69) is 12.6 Å². The number of halogens is 2. The summed E-state index contributed by atoms with van der Waals surface area (Å²) in [4.78, 5) is 0. The van der Waals surface area contributed by atoms with Crippen LogP contribution in [0, 0.1) is 0 Å². The van der Waals surface area contributed by atoms with Crippen molar-refractivity contribution in [2.24, 2.45) is 0 Å². The van der Waals surface area contributed by atoms with Gasteiger partial charge in [0.05, 0.1) is 0 Å². The summed E-state index contributed by atoms with van der Waals surface area (Å²) in [6.45, 7) is 0. The van der Waals surface area contributed by atoms with Crippen LogP contribution in [0.5, 0.6) is 0 Å². The van der Waals surface area contributed by atoms with Crippen LogP contribution in [0.2, 0.25) is 10.0 Å². The average Bonchev–Trinajstić information content (AvgIpc) is 2.20. The van der Waals surface area contributed by atoms with E-state index in [0.29, 0.717) is 5.02 Å². The first kappa shape index (κ1) is 13.2. The molecule has 0 radical (unpaired) electrons. The molecule has 0 fully saturated rings. The van der Waals surface area contributed by atoms with Gasteiger partial charge in [-0.2, -0.15) is 12.6 Å². The normalized spacial score (nSPS) is 10.6. The lowest BCUT2D eigenvalue weighted by Gasteiger charge is -2.04. The van der Waals surface area contributed by atoms with E-state index in [1.165, 1.54) is 31.2 Å². The van der Waals surface area contributed by atoms with E-state index in [1.54, 1.807) is 0 Å². The fourth-order valence-corrected chi connectivity index (χ4v) is 2.23. The molecule has 0 N–H and O–H groups in total. The molecule has 0 bridgehead atoms. The van der Waals surface area contributed by atoms with Gasteiger partial charge in [0.15, 0.2) is 0 Å². The first-order chi connectivity index (χ1) is 7.24. The van der Waals surface area contributed by atoms with Crippen LogP contribution in [0.25, 0.3) is 0 Å². The Morgan fingerprint density at radius 1 is 1.00 bits per heavy atom. The van der Waals surface area contributed by atoms with Crippen molar-refractivity contribution < 1.29 is 0 Å². The van der Waals surface area contributed by atoms with Gasteiger partial charge in [-0.15, -0.1) is 0 Å². The van der Waals surface area contributed by atoms with E-state index >= 15 is 0 Å². The summed E-state index contributed by atoms with van der Waals surface area (Å²) in [5.74, 6) is 0.988. The molecule has 0 spiro atoms. The van der Waals surface area contributed by atoms with E-state index in [0.717, 1.165) is 17.2 Å². The molecule has 0 saturated carbocycles. The molecule has 1 aromatic carbocycles. The fourth-order valence-electron chi connectivity index (χ4n) is 1.51. The quantitative estimate of drug-likeness (QED) is 0.540. The second-order valence-electron chi connectivity index (χ2n) is 3.62. The van der Waals surface area contributed by atoms with Crippen molar-refractivity contribution >= 4 is 35.8 Å². The Balaban J connectivity index is 2.31. The maximum atomic E-state index is 6.07. The van der Waals surface area contributed by atoms with Crippen molar-refractivity contribution in [3.63, 3.8) is 0 Å². The molecule has 15 heavy (non-hydrogen) atoms. The van der Waals surface area contributed by atoms with Crippen LogP contribution in [0.4, 0.5) is 0 Å². The molecule has 0 amide bonds. The summed E-state index contributed by atoms with van der Waals surface area (Å²) in [7, 11) is 0. The molecule has 3 heteroatoms. The molecule has 0 nitrogen and oxygen atoms in total. The Bertz CT molecular complexity index is 300. The lowest BCUT2D eigenvalue weighted by molar-refractivity contribution is 0.671. The van der Waals surface area contributed by atoms with Crippen LogP contribution in [-0.2, 0) is 6.42 Å². The van der Waals surface area contributed by atoms with Gasteiger partial charge in [0.25, 0.3) is 0 Å². The van der Waals surface area contributed by atoms with Crippen molar-refractivity contribution in [1.29, 1.82) is 0 Å². The van der Waals surface area contributed by atoms with Gasteiger partial charge >= 0.3 is 0 Å². The largest absolute Gasteiger partial charge is 0.179 e. The van der Waals surface area contributed by atoms with Gasteiger partial charge in [-0.05, 0) is 42.7 Å². The Labute approximate surface area is 107 Å². The molecule has 0 aliphatic carbocycles. The first-order valence-corrected chi connectivity index (χ1v) is 6.67. The third kappa shape index (κ3) is 5.14. The van der Waals surface area contributed by atoms with Crippen molar-refractivity contribution in [1.82, 2.24) is 0 Å². The smallest absolute Gasteiger partial charge is 0.0452 e. The van der Waals surface area contributed by atoms with E-state index in [9.17, 15) is 0 Å². The standard InChI is InChI=1S/C12H16Cl2S/c13-11-7-6-10(12(14)9-11)5-3-1-2-4-8-15/h6-7,9,15H,1-5,8H2. The molecule has 84 valence electrons. The number of unbranched alkanes of at least 4 members (excludes halogenated alkanes) is 3. The minimum atomic E-state index is 0.707. The highest BCUT2D eigenvalue weighted by molar-refractivity contribution is 7.80. The van der Waals surface area contributed by atoms with Gasteiger partial charge in [0.2, 0.25) is 0 Å². The number of aryl methyl sites for hydroxylation is 1. The molecule has 0 atom stereocenters. The van der Waals surface area contributed by atoms with Gasteiger partial charge in [0.1, 0.15) is 0 Å². The van der Waals surface area contributed by atoms with Crippen molar-refractivity contribution in [2.75, 3.05) is 5.75 Å². The zero-order valence-electron chi connectivity index (χ0n) is 8.68. The zero-order valence-corrected chi connectivity index (χ0v) is 11.1. The number of hydrogen-bond donors (Lipinski definition) is 1. The summed E-state index contributed by atoms with van der Waals surface area (Å²) in [5, 5.41) is 1.50. The highest BCUT2D eigenvalue weighted by Crippen LogP contribution is 2.22. The highest BCUT2D eigenvalue weighted by atomic mass is 35.5. The maximum Gasteiger partial charge on any atom is 0.0452 e. The summed E-state index contributed by atoms with van der Waals surface area (Å²) in [6, 6.07) is 5.73. The number of thiol groups is 1. The lowest BCUT2D eigenvalue weighted by atomic mass is 10.1. The molecule has 0 aliphatic rings. The molecular formula is C12H16Cl2S. The summed E-state index contributed by atoms with van der Waals surface area (Å²) >= 11 is 16.1. The zero-order chi connectivity index (χ0) is 11.1. The average molecular weight is 263 g/mol. The van der Waals surface area contributed by atoms with Crippen LogP contribution in [0.3, 0.4) is 0 Å². The number of hydrogen-bond acceptors (Lipinski definition) is 1. The van der Waals surface area contributed by atoms with Crippen molar-refractivity contribution in [3.8, 4) is 0 Å². The molecule has 1 rings (SSSR count). The van der Waals surface area contributed by atoms with Crippen LogP contribution in [0.15, 0.2) is 18.2 Å². The first-order valence-electron chi connectivity index (χ1n) is 5.29. The van der Waals surface area contributed by atoms with Gasteiger partial charge < -0.3 is 0 Å². The predicted molar refractivity (Wildman–Crippen MR) is 72.5 cm³/mol. The van der Waals surface area contributed by atoms with E-state index in [1.807, 2.05) is 18.2 Å². The van der Waals surface area contributed by atoms with Crippen LogP contribution >= 0.6 is 35.8 Å². The lowest BCUT2D eigenvalue weighted by Crippen LogP contribution is -1.88. The van der Waals surface area contributed by atoms with Crippen molar-refractivity contribution in [3.05, 3.63) is 33.8 Å². The van der Waals surface area contributed by atoms with Crippen LogP contribution in [-0.4, -0.2) is 5.75 Å². The monoisotopic (exact) mass is 262 g/mol. The van der Waals surface area contributed by atoms with Gasteiger partial charge in [-0.25, -0.2) is 0 Å². The number of rotatable bonds is 6. The van der Waals surface area contributed by atoms with Gasteiger partial charge in [-0.3, -0.25) is 0 Å². The Morgan fingerprint density at radius 2 is 1.73 bits per heavy atom. The van der Waals surface area contributed by atoms with E-state index < -0.39 is 0 Å². The van der Waals surface area contributed by atoms with E-state index in [4.69, 9.17) is 23.2 Å². The topological polar surface area (TPSA) is 0 Å². The highest BCUT2D eigenvalue weighted by Gasteiger charge is 2.00. The molecule has 0 saturated heterocycles. The third-order valence-corrected chi connectivity index (χ3v) is 3.27. The molecule has 0 unspecified atom stereocenters. The molecular weight excluding hydrogens is 247 g/mol. The SMILES string of the molecule is SCCCCCCc1ccc(Cl)cc1Cl. The summed E-state index contributed by atoms with van der Waals surface area (Å²) in [5.41, 5.74) is 1.20. The summed E-state index contributed by atoms with van der Waals surface area (Å²) < 4.78 is 0. The number of benzene rings is 1. The molecule has 0 aromatic heterocycles. The second-order valence-corrected chi connectivity index (χ2v) is 4.91. The minimum Gasteiger partial charge on any atom is -0.179 e. The maximum absolute atomic E-state index is 6.07. The van der Waals surface area contributed by atoms with Gasteiger partial charge in [0, 0.05) is 10.0 Å². The fraction of sp³-hybridized carbons (Fsp3) is 0.500. The Hall–Kier alpha value is 0.150. The van der Waals surface area contributed by atoms with Crippen LogP contribution in [0.1, 0.15) is 31.2 Å². The Kier molecular flexibility index (Phi) is 6.54. The minimum absolute atomic E-state index is 0.707. The van der Waals surface area contributed by atoms with E-state index in [-0.39, 0.29) is 0 Å². The molecule has 1 aromatic rings. The van der Waals surface area contributed by atoms with Crippen molar-refractivity contribution in [2.45, 2.75) is 32.1 Å². The molecule has 0 aliphatic heterocycles. The predicted octanol–water partition coefficient (Wildman–Crippen LogP) is 5.03. The Morgan fingerprint density at radius 3 is 2.40 bits per heavy atom. The third-order valence-electron chi connectivity index (χ3n) is 2.37. The second kappa shape index (κ2) is 7.43.